The van der Waals surface area contributed by atoms with Gasteiger partial charge < -0.3 is 25.5 Å². The molecule has 0 radical (unpaired) electrons. The molecule has 1 aromatic carbocycles. The summed E-state index contributed by atoms with van der Waals surface area (Å²) in [4.78, 5) is 55.9. The van der Waals surface area contributed by atoms with Gasteiger partial charge in [0, 0.05) is 24.6 Å². The summed E-state index contributed by atoms with van der Waals surface area (Å²) in [6, 6.07) is 3.56. The lowest BCUT2D eigenvalue weighted by Crippen LogP contribution is -2.61. The van der Waals surface area contributed by atoms with Crippen molar-refractivity contribution in [1.82, 2.24) is 20.4 Å². The van der Waals surface area contributed by atoms with E-state index in [4.69, 9.17) is 0 Å². The molecular weight excluding hydrogens is 544 g/mol. The molecule has 1 aliphatic heterocycles. The van der Waals surface area contributed by atoms with Crippen molar-refractivity contribution in [2.24, 2.45) is 11.3 Å². The molecule has 0 aromatic heterocycles. The molecule has 1 aliphatic rings. The van der Waals surface area contributed by atoms with E-state index in [1.807, 2.05) is 62.3 Å². The molecule has 43 heavy (non-hydrogen) atoms. The van der Waals surface area contributed by atoms with Gasteiger partial charge in [-0.15, -0.1) is 0 Å². The Morgan fingerprint density at radius 2 is 1.58 bits per heavy atom. The standard InChI is InChI=1S/C34H54N4O5/c1-20(2)26(19-23(5)30(40)38-15-13-14-25(38)32(42)43)37(12)31(41)28(33(6,7)8)36-29(39)27(35-11)34(9,10)24-17-21(3)16-22(4)18-24/h16-20,25-28,35H,13-15H2,1-12H3,(H,36,39)(H,42,43)/t25-,26+,27+,28+/m0/s1. The van der Waals surface area contributed by atoms with Crippen molar-refractivity contribution in [3.63, 3.8) is 0 Å². The Balaban J connectivity index is 2.37. The number of carboxylic acids is 1. The molecular formula is C34H54N4O5. The summed E-state index contributed by atoms with van der Waals surface area (Å²) in [6.45, 7) is 19.9. The van der Waals surface area contributed by atoms with Gasteiger partial charge in [-0.2, -0.15) is 0 Å². The van der Waals surface area contributed by atoms with Gasteiger partial charge in [-0.25, -0.2) is 4.79 Å². The molecule has 9 nitrogen and oxygen atoms in total. The van der Waals surface area contributed by atoms with Crippen LogP contribution in [-0.4, -0.2) is 83.4 Å². The summed E-state index contributed by atoms with van der Waals surface area (Å²) in [5.74, 6) is -1.92. The fraction of sp³-hybridized carbons (Fsp3) is 0.647. The largest absolute Gasteiger partial charge is 0.480 e. The zero-order valence-corrected chi connectivity index (χ0v) is 28.3. The van der Waals surface area contributed by atoms with Crippen LogP contribution in [0.5, 0.6) is 0 Å². The van der Waals surface area contributed by atoms with Crippen LogP contribution in [0.3, 0.4) is 0 Å². The first-order valence-corrected chi connectivity index (χ1v) is 15.3. The molecule has 0 unspecified atom stereocenters. The number of nitrogens with zero attached hydrogens (tertiary/aromatic N) is 2. The number of amides is 3. The van der Waals surface area contributed by atoms with E-state index in [9.17, 15) is 24.3 Å². The lowest BCUT2D eigenvalue weighted by atomic mass is 9.76. The molecule has 0 aliphatic carbocycles. The minimum Gasteiger partial charge on any atom is -0.480 e. The Labute approximate surface area is 258 Å². The molecule has 1 aromatic rings. The lowest BCUT2D eigenvalue weighted by molar-refractivity contribution is -0.146. The molecule has 1 fully saturated rings. The number of hydrogen-bond acceptors (Lipinski definition) is 5. The predicted molar refractivity (Wildman–Crippen MR) is 171 cm³/mol. The second kappa shape index (κ2) is 14.1. The van der Waals surface area contributed by atoms with Gasteiger partial charge in [0.1, 0.15) is 12.1 Å². The first-order valence-electron chi connectivity index (χ1n) is 15.3. The zero-order valence-electron chi connectivity index (χ0n) is 28.3. The van der Waals surface area contributed by atoms with Crippen LogP contribution in [0, 0.1) is 25.2 Å². The molecule has 3 N–H and O–H groups in total. The van der Waals surface area contributed by atoms with Crippen molar-refractivity contribution in [2.45, 2.75) is 112 Å². The first-order chi connectivity index (χ1) is 19.7. The summed E-state index contributed by atoms with van der Waals surface area (Å²) >= 11 is 0. The summed E-state index contributed by atoms with van der Waals surface area (Å²) in [6.07, 6.45) is 2.83. The second-order valence-corrected chi connectivity index (χ2v) is 14.2. The predicted octanol–water partition coefficient (Wildman–Crippen LogP) is 4.20. The van der Waals surface area contributed by atoms with Crippen molar-refractivity contribution in [1.29, 1.82) is 0 Å². The van der Waals surface area contributed by atoms with Crippen LogP contribution in [0.1, 0.15) is 84.9 Å². The number of rotatable bonds is 11. The number of hydrogen-bond donors (Lipinski definition) is 3. The van der Waals surface area contributed by atoms with E-state index in [1.54, 1.807) is 32.0 Å². The molecule has 240 valence electrons. The van der Waals surface area contributed by atoms with Gasteiger partial charge >= 0.3 is 5.97 Å². The number of likely N-dealkylation sites (tertiary alicyclic amines) is 1. The summed E-state index contributed by atoms with van der Waals surface area (Å²) < 4.78 is 0. The third-order valence-corrected chi connectivity index (χ3v) is 8.67. The first kappa shape index (κ1) is 36.0. The van der Waals surface area contributed by atoms with E-state index >= 15 is 0 Å². The maximum Gasteiger partial charge on any atom is 0.326 e. The Bertz CT molecular complexity index is 1210. The smallest absolute Gasteiger partial charge is 0.326 e. The molecule has 3 amide bonds. The Morgan fingerprint density at radius 1 is 1.02 bits per heavy atom. The molecule has 4 atom stereocenters. The van der Waals surface area contributed by atoms with Gasteiger partial charge in [-0.1, -0.05) is 83.9 Å². The number of benzene rings is 1. The van der Waals surface area contributed by atoms with Crippen LogP contribution in [0.4, 0.5) is 0 Å². The molecule has 1 saturated heterocycles. The highest BCUT2D eigenvalue weighted by atomic mass is 16.4. The topological polar surface area (TPSA) is 119 Å². The SMILES string of the molecule is CN[C@H](C(=O)N[C@H](C(=O)N(C)[C@H](C=C(C)C(=O)N1CCC[C@H]1C(=O)O)C(C)C)C(C)(C)C)C(C)(C)c1cc(C)cc(C)c1. The molecule has 0 spiro atoms. The van der Waals surface area contributed by atoms with E-state index in [1.165, 1.54) is 4.90 Å². The van der Waals surface area contributed by atoms with Gasteiger partial charge in [0.25, 0.3) is 0 Å². The Hall–Kier alpha value is -3.20. The highest BCUT2D eigenvalue weighted by Crippen LogP contribution is 2.31. The number of aliphatic carboxylic acids is 1. The lowest BCUT2D eigenvalue weighted by Gasteiger charge is -2.40. The van der Waals surface area contributed by atoms with Crippen molar-refractivity contribution >= 4 is 23.7 Å². The molecule has 2 rings (SSSR count). The van der Waals surface area contributed by atoms with Crippen LogP contribution >= 0.6 is 0 Å². The van der Waals surface area contributed by atoms with Crippen molar-refractivity contribution in [2.75, 3.05) is 20.6 Å². The number of nitrogens with one attached hydrogen (secondary N) is 2. The van der Waals surface area contributed by atoms with Crippen molar-refractivity contribution in [3.8, 4) is 0 Å². The van der Waals surface area contributed by atoms with Crippen LogP contribution in [-0.2, 0) is 24.6 Å². The fourth-order valence-corrected chi connectivity index (χ4v) is 6.13. The number of carbonyl (C=O) groups is 4. The normalized spacial score (nSPS) is 18.3. The van der Waals surface area contributed by atoms with Crippen molar-refractivity contribution in [3.05, 3.63) is 46.5 Å². The maximum absolute atomic E-state index is 14.1. The number of aryl methyl sites for hydroxylation is 2. The van der Waals surface area contributed by atoms with Crippen molar-refractivity contribution < 1.29 is 24.3 Å². The minimum atomic E-state index is -1.00. The summed E-state index contributed by atoms with van der Waals surface area (Å²) in [5.41, 5.74) is 2.48. The van der Waals surface area contributed by atoms with Crippen LogP contribution in [0.2, 0.25) is 0 Å². The Kier molecular flexibility index (Phi) is 11.8. The van der Waals surface area contributed by atoms with E-state index in [0.29, 0.717) is 25.0 Å². The average Bonchev–Trinajstić information content (AvgIpc) is 3.38. The number of likely N-dealkylation sites (N-methyl/N-ethyl adjacent to an activating group) is 2. The zero-order chi connectivity index (χ0) is 33.0. The second-order valence-electron chi connectivity index (χ2n) is 14.2. The van der Waals surface area contributed by atoms with Gasteiger partial charge in [0.05, 0.1) is 12.1 Å². The van der Waals surface area contributed by atoms with Crippen LogP contribution < -0.4 is 10.6 Å². The van der Waals surface area contributed by atoms with E-state index in [-0.39, 0.29) is 23.6 Å². The third kappa shape index (κ3) is 8.46. The van der Waals surface area contributed by atoms with E-state index < -0.39 is 41.0 Å². The number of carbonyl (C=O) groups excluding carboxylic acids is 3. The minimum absolute atomic E-state index is 0.0459. The molecule has 0 saturated carbocycles. The van der Waals surface area contributed by atoms with E-state index in [2.05, 4.69) is 28.8 Å². The van der Waals surface area contributed by atoms with Crippen LogP contribution in [0.15, 0.2) is 29.8 Å². The highest BCUT2D eigenvalue weighted by Gasteiger charge is 2.42. The molecule has 9 heteroatoms. The fourth-order valence-electron chi connectivity index (χ4n) is 6.13. The van der Waals surface area contributed by atoms with Gasteiger partial charge in [0.2, 0.25) is 17.7 Å². The molecule has 0 bridgehead atoms. The van der Waals surface area contributed by atoms with Gasteiger partial charge in [0.15, 0.2) is 0 Å². The summed E-state index contributed by atoms with van der Waals surface area (Å²) in [7, 11) is 3.44. The third-order valence-electron chi connectivity index (χ3n) is 8.67. The number of carboxylic acid groups (broad SMARTS) is 1. The van der Waals surface area contributed by atoms with Gasteiger partial charge in [-0.3, -0.25) is 14.4 Å². The summed E-state index contributed by atoms with van der Waals surface area (Å²) in [5, 5.41) is 15.8. The maximum atomic E-state index is 14.1. The molecule has 1 heterocycles. The van der Waals surface area contributed by atoms with Gasteiger partial charge in [-0.05, 0) is 57.6 Å². The van der Waals surface area contributed by atoms with Crippen LogP contribution in [0.25, 0.3) is 0 Å². The average molecular weight is 599 g/mol. The van der Waals surface area contributed by atoms with E-state index in [0.717, 1.165) is 16.7 Å². The quantitative estimate of drug-likeness (QED) is 0.329. The monoisotopic (exact) mass is 598 g/mol. The Morgan fingerprint density at radius 3 is 2.05 bits per heavy atom. The highest BCUT2D eigenvalue weighted by molar-refractivity contribution is 5.96.